The van der Waals surface area contributed by atoms with Crippen LogP contribution in [0.15, 0.2) is 53.1 Å². The molecule has 1 fully saturated rings. The van der Waals surface area contributed by atoms with E-state index in [4.69, 9.17) is 9.15 Å². The average Bonchev–Trinajstić information content (AvgIpc) is 3.24. The number of ether oxygens (including phenoxy) is 1. The van der Waals surface area contributed by atoms with Crippen LogP contribution in [-0.2, 0) is 22.5 Å². The highest BCUT2D eigenvalue weighted by Crippen LogP contribution is 2.42. The van der Waals surface area contributed by atoms with Crippen LogP contribution in [0.25, 0.3) is 0 Å². The number of benzene rings is 1. The zero-order valence-corrected chi connectivity index (χ0v) is 18.1. The van der Waals surface area contributed by atoms with E-state index in [1.54, 1.807) is 6.26 Å². The van der Waals surface area contributed by atoms with Crippen LogP contribution in [0.1, 0.15) is 57.8 Å². The molecule has 2 aromatic rings. The van der Waals surface area contributed by atoms with Crippen LogP contribution < -0.4 is 0 Å². The Balaban J connectivity index is 1.76. The van der Waals surface area contributed by atoms with Gasteiger partial charge < -0.3 is 14.1 Å². The summed E-state index contributed by atoms with van der Waals surface area (Å²) < 4.78 is 11.6. The highest BCUT2D eigenvalue weighted by atomic mass is 16.5. The van der Waals surface area contributed by atoms with Gasteiger partial charge in [-0.2, -0.15) is 0 Å². The van der Waals surface area contributed by atoms with E-state index >= 15 is 0 Å². The molecule has 2 atom stereocenters. The molecule has 4 heteroatoms. The van der Waals surface area contributed by atoms with Gasteiger partial charge in [0.25, 0.3) is 0 Å². The number of hydrogen-bond acceptors (Lipinski definition) is 3. The quantitative estimate of drug-likeness (QED) is 0.563. The molecule has 1 aliphatic rings. The lowest BCUT2D eigenvalue weighted by Crippen LogP contribution is -2.42. The van der Waals surface area contributed by atoms with Crippen molar-refractivity contribution in [1.29, 1.82) is 0 Å². The molecule has 4 nitrogen and oxygen atoms in total. The maximum atomic E-state index is 12.6. The molecule has 0 radical (unpaired) electrons. The second kappa shape index (κ2) is 10.1. The van der Waals surface area contributed by atoms with E-state index in [1.807, 2.05) is 24.0 Å². The standard InChI is InChI=1S/C25H35NO3/c1-4-24(27)26(19-22-11-8-15-28-22)14-12-25(17-21-9-6-5-7-10-21)13-16-29-23(18-25)20(2)3/h5-11,15,20,23H,4,12-14,16-19H2,1-3H3. The number of carbonyl (C=O) groups is 1. The van der Waals surface area contributed by atoms with Crippen molar-refractivity contribution in [1.82, 2.24) is 4.90 Å². The number of hydrogen-bond donors (Lipinski definition) is 0. The van der Waals surface area contributed by atoms with Gasteiger partial charge in [-0.25, -0.2) is 0 Å². The van der Waals surface area contributed by atoms with Gasteiger partial charge in [0.15, 0.2) is 0 Å². The molecule has 0 bridgehead atoms. The highest BCUT2D eigenvalue weighted by molar-refractivity contribution is 5.75. The molecule has 1 amide bonds. The highest BCUT2D eigenvalue weighted by Gasteiger charge is 2.38. The molecule has 1 aromatic heterocycles. The Morgan fingerprint density at radius 3 is 2.66 bits per heavy atom. The summed E-state index contributed by atoms with van der Waals surface area (Å²) in [4.78, 5) is 14.6. The van der Waals surface area contributed by atoms with Crippen LogP contribution in [-0.4, -0.2) is 30.1 Å². The minimum atomic E-state index is 0.157. The van der Waals surface area contributed by atoms with Crippen molar-refractivity contribution in [3.8, 4) is 0 Å². The predicted octanol–water partition coefficient (Wildman–Crippen LogP) is 5.47. The van der Waals surface area contributed by atoms with Crippen molar-refractivity contribution in [2.75, 3.05) is 13.2 Å². The predicted molar refractivity (Wildman–Crippen MR) is 115 cm³/mol. The Morgan fingerprint density at radius 1 is 1.21 bits per heavy atom. The third-order valence-electron chi connectivity index (χ3n) is 6.26. The number of rotatable bonds is 9. The summed E-state index contributed by atoms with van der Waals surface area (Å²) in [5, 5.41) is 0. The second-order valence-corrected chi connectivity index (χ2v) is 8.77. The van der Waals surface area contributed by atoms with E-state index in [0.717, 1.165) is 44.6 Å². The molecule has 1 aromatic carbocycles. The fourth-order valence-electron chi connectivity index (χ4n) is 4.43. The summed E-state index contributed by atoms with van der Waals surface area (Å²) in [7, 11) is 0. The fourth-order valence-corrected chi connectivity index (χ4v) is 4.43. The minimum absolute atomic E-state index is 0.157. The third-order valence-corrected chi connectivity index (χ3v) is 6.26. The fraction of sp³-hybridized carbons (Fsp3) is 0.560. The van der Waals surface area contributed by atoms with Gasteiger partial charge in [0.1, 0.15) is 5.76 Å². The number of carbonyl (C=O) groups excluding carboxylic acids is 1. The molecule has 0 saturated carbocycles. The summed E-state index contributed by atoms with van der Waals surface area (Å²) in [5.41, 5.74) is 1.53. The molecule has 0 aliphatic carbocycles. The van der Waals surface area contributed by atoms with Crippen LogP contribution in [0, 0.1) is 11.3 Å². The Hall–Kier alpha value is -2.07. The van der Waals surface area contributed by atoms with Gasteiger partial charge in [0, 0.05) is 19.6 Å². The van der Waals surface area contributed by atoms with E-state index in [9.17, 15) is 4.79 Å². The van der Waals surface area contributed by atoms with Crippen LogP contribution in [0.4, 0.5) is 0 Å². The molecule has 158 valence electrons. The smallest absolute Gasteiger partial charge is 0.222 e. The van der Waals surface area contributed by atoms with E-state index in [1.165, 1.54) is 5.56 Å². The van der Waals surface area contributed by atoms with Gasteiger partial charge >= 0.3 is 0 Å². The Kier molecular flexibility index (Phi) is 7.54. The molecule has 2 unspecified atom stereocenters. The topological polar surface area (TPSA) is 42.7 Å². The van der Waals surface area contributed by atoms with Crippen molar-refractivity contribution in [2.24, 2.45) is 11.3 Å². The van der Waals surface area contributed by atoms with Gasteiger partial charge in [0.2, 0.25) is 5.91 Å². The molecule has 1 saturated heterocycles. The monoisotopic (exact) mass is 397 g/mol. The first kappa shape index (κ1) is 21.6. The summed E-state index contributed by atoms with van der Waals surface area (Å²) in [5.74, 6) is 1.53. The van der Waals surface area contributed by atoms with Gasteiger partial charge in [-0.3, -0.25) is 4.79 Å². The maximum Gasteiger partial charge on any atom is 0.222 e. The van der Waals surface area contributed by atoms with Gasteiger partial charge in [0.05, 0.1) is 18.9 Å². The summed E-state index contributed by atoms with van der Waals surface area (Å²) in [6, 6.07) is 14.6. The molecule has 29 heavy (non-hydrogen) atoms. The second-order valence-electron chi connectivity index (χ2n) is 8.77. The summed E-state index contributed by atoms with van der Waals surface area (Å²) >= 11 is 0. The summed E-state index contributed by atoms with van der Waals surface area (Å²) in [6.07, 6.45) is 6.59. The van der Waals surface area contributed by atoms with Crippen molar-refractivity contribution >= 4 is 5.91 Å². The van der Waals surface area contributed by atoms with Crippen LogP contribution in [0.5, 0.6) is 0 Å². The minimum Gasteiger partial charge on any atom is -0.467 e. The van der Waals surface area contributed by atoms with E-state index < -0.39 is 0 Å². The molecule has 0 N–H and O–H groups in total. The first-order chi connectivity index (χ1) is 14.0. The molecule has 3 rings (SSSR count). The average molecular weight is 398 g/mol. The van der Waals surface area contributed by atoms with Crippen LogP contribution in [0.2, 0.25) is 0 Å². The Morgan fingerprint density at radius 2 is 2.00 bits per heavy atom. The first-order valence-corrected chi connectivity index (χ1v) is 11.0. The number of nitrogens with zero attached hydrogens (tertiary/aromatic N) is 1. The SMILES string of the molecule is CCC(=O)N(CCC1(Cc2ccccc2)CCOC(C(C)C)C1)Cc1ccco1. The zero-order valence-electron chi connectivity index (χ0n) is 18.1. The molecule has 1 aliphatic heterocycles. The van der Waals surface area contributed by atoms with Crippen molar-refractivity contribution in [2.45, 2.75) is 65.5 Å². The van der Waals surface area contributed by atoms with Crippen LogP contribution >= 0.6 is 0 Å². The molecule has 0 spiro atoms. The normalized spacial score (nSPS) is 22.0. The lowest BCUT2D eigenvalue weighted by atomic mass is 9.69. The Bertz CT molecular complexity index is 741. The van der Waals surface area contributed by atoms with Crippen molar-refractivity contribution in [3.63, 3.8) is 0 Å². The van der Waals surface area contributed by atoms with E-state index in [0.29, 0.717) is 18.9 Å². The van der Waals surface area contributed by atoms with Crippen molar-refractivity contribution < 1.29 is 13.9 Å². The molecular weight excluding hydrogens is 362 g/mol. The Labute approximate surface area is 175 Å². The first-order valence-electron chi connectivity index (χ1n) is 11.0. The lowest BCUT2D eigenvalue weighted by Gasteiger charge is -2.43. The number of furan rings is 1. The van der Waals surface area contributed by atoms with E-state index in [-0.39, 0.29) is 17.4 Å². The number of amides is 1. The van der Waals surface area contributed by atoms with Crippen molar-refractivity contribution in [3.05, 3.63) is 60.1 Å². The third kappa shape index (κ3) is 5.96. The maximum absolute atomic E-state index is 12.6. The van der Waals surface area contributed by atoms with Gasteiger partial charge in [-0.1, -0.05) is 51.1 Å². The van der Waals surface area contributed by atoms with Crippen LogP contribution in [0.3, 0.4) is 0 Å². The van der Waals surface area contributed by atoms with Gasteiger partial charge in [-0.15, -0.1) is 0 Å². The van der Waals surface area contributed by atoms with Gasteiger partial charge in [-0.05, 0) is 54.7 Å². The van der Waals surface area contributed by atoms with E-state index in [2.05, 4.69) is 44.2 Å². The molecule has 2 heterocycles. The zero-order chi connectivity index (χ0) is 20.7. The molecular formula is C25H35NO3. The summed E-state index contributed by atoms with van der Waals surface area (Å²) in [6.45, 7) is 8.52. The lowest BCUT2D eigenvalue weighted by molar-refractivity contribution is -0.132. The largest absolute Gasteiger partial charge is 0.467 e.